The summed E-state index contributed by atoms with van der Waals surface area (Å²) in [5.74, 6) is 5.74. The molecule has 1 aromatic carbocycles. The number of para-hydroxylation sites is 1. The van der Waals surface area contributed by atoms with E-state index >= 15 is 0 Å². The van der Waals surface area contributed by atoms with Crippen LogP contribution in [-0.2, 0) is 186 Å². The minimum Gasteiger partial charge on any atom is -0.506 e. The van der Waals surface area contributed by atoms with Crippen molar-refractivity contribution in [3.63, 3.8) is 0 Å². The van der Waals surface area contributed by atoms with Crippen LogP contribution in [0.1, 0.15) is 95.5 Å². The van der Waals surface area contributed by atoms with Gasteiger partial charge in [-0.25, -0.2) is 17.7 Å². The van der Waals surface area contributed by atoms with Crippen molar-refractivity contribution < 1.29 is 191 Å². The molecule has 3 rings (SSSR count). The second-order valence-electron chi connectivity index (χ2n) is 15.1. The number of ether oxygens (including phenoxy) is 4. The molecule has 2 aliphatic rings. The summed E-state index contributed by atoms with van der Waals surface area (Å²) < 4.78 is 38.5. The molecule has 1 aromatic rings. The maximum atomic E-state index is 13.3. The summed E-state index contributed by atoms with van der Waals surface area (Å²) >= 11 is 0. The number of hydrogen-bond donors (Lipinski definition) is 6. The van der Waals surface area contributed by atoms with Crippen LogP contribution in [0.4, 0.5) is 5.69 Å². The monoisotopic (exact) mass is 1410 g/mol. The largest absolute Gasteiger partial charge is 0.506 e. The van der Waals surface area contributed by atoms with Crippen LogP contribution in [0.2, 0.25) is 0 Å². The predicted octanol–water partition coefficient (Wildman–Crippen LogP) is 4.25. The molecular weight excluding hydrogens is 1340 g/mol. The molecule has 0 saturated carbocycles. The van der Waals surface area contributed by atoms with E-state index in [-0.39, 0.29) is 203 Å². The average molecular weight is 1410 g/mol. The number of fused-ring (bicyclic) bond motifs is 1. The molecule has 0 fully saturated rings. The number of amides is 5. The summed E-state index contributed by atoms with van der Waals surface area (Å²) in [5.41, 5.74) is 3.67. The van der Waals surface area contributed by atoms with Crippen LogP contribution in [0.3, 0.4) is 0 Å². The van der Waals surface area contributed by atoms with Crippen molar-refractivity contribution in [1.29, 1.82) is 0 Å². The van der Waals surface area contributed by atoms with Crippen LogP contribution >= 0.6 is 7.75 Å². The van der Waals surface area contributed by atoms with E-state index in [1.165, 1.54) is 6.54 Å². The average Bonchev–Trinajstić information content (AvgIpc) is 3.30. The second-order valence-corrected chi connectivity index (χ2v) is 16.7. The van der Waals surface area contributed by atoms with E-state index in [1.54, 1.807) is 18.0 Å². The first kappa shape index (κ1) is 84.9. The Morgan fingerprint density at radius 2 is 1.23 bits per heavy atom. The molecule has 1 unspecified atom stereocenters. The van der Waals surface area contributed by atoms with Gasteiger partial charge in [0.1, 0.15) is 0 Å². The number of rotatable bonds is 37. The number of allylic oxidation sites excluding steroid dienone is 2. The van der Waals surface area contributed by atoms with Crippen LogP contribution in [0.15, 0.2) is 47.6 Å². The van der Waals surface area contributed by atoms with Crippen LogP contribution in [-0.4, -0.2) is 114 Å². The van der Waals surface area contributed by atoms with E-state index < -0.39 is 7.75 Å². The van der Waals surface area contributed by atoms with Crippen molar-refractivity contribution in [2.75, 3.05) is 84.0 Å². The maximum absolute atomic E-state index is 13.3. The molecule has 0 aromatic heterocycles. The van der Waals surface area contributed by atoms with Gasteiger partial charge in [0.25, 0.3) is 0 Å². The van der Waals surface area contributed by atoms with Gasteiger partial charge in [0.15, 0.2) is 11.8 Å². The zero-order chi connectivity index (χ0) is 47.5. The minimum absolute atomic E-state index is 0. The molecule has 440 valence electrons. The summed E-state index contributed by atoms with van der Waals surface area (Å²) in [7, 11) is -3.86. The Kier molecular flexibility index (Phi) is 62.6. The van der Waals surface area contributed by atoms with Gasteiger partial charge in [-0.05, 0) is 49.8 Å². The van der Waals surface area contributed by atoms with Gasteiger partial charge in [-0.1, -0.05) is 49.0 Å². The normalized spacial score (nSPS) is 12.4. The molecule has 0 bridgehead atoms. The van der Waals surface area contributed by atoms with Gasteiger partial charge in [-0.2, -0.15) is 12.8 Å². The van der Waals surface area contributed by atoms with Crippen molar-refractivity contribution in [3.8, 4) is 11.8 Å². The van der Waals surface area contributed by atoms with Crippen molar-refractivity contribution >= 4 is 43.0 Å². The van der Waals surface area contributed by atoms with Gasteiger partial charge in [-0.3, -0.25) is 35.0 Å². The number of unbranched alkanes of at least 4 members (excludes halogenated alkanes) is 3. The molecule has 74 heavy (non-hydrogen) atoms. The van der Waals surface area contributed by atoms with E-state index in [2.05, 4.69) is 57.3 Å². The fourth-order valence-electron chi connectivity index (χ4n) is 6.29. The quantitative estimate of drug-likeness (QED) is 0.0237. The molecule has 5 amide bonds. The summed E-state index contributed by atoms with van der Waals surface area (Å²) in [6.07, 6.45) is 10.7. The van der Waals surface area contributed by atoms with Gasteiger partial charge >= 0.3 is 7.75 Å². The fraction of sp³-hybridized carbons (Fsp3) is 0.553. The van der Waals surface area contributed by atoms with E-state index in [1.807, 2.05) is 24.3 Å². The van der Waals surface area contributed by atoms with E-state index in [9.17, 15) is 33.4 Å². The third-order valence-electron chi connectivity index (χ3n) is 9.77. The van der Waals surface area contributed by atoms with E-state index in [0.717, 1.165) is 48.1 Å². The van der Waals surface area contributed by atoms with Crippen LogP contribution in [0.25, 0.3) is 0 Å². The molecular formula is C47H69Co8N6O12P-4. The number of carbonyl (C=O) groups is 5. The van der Waals surface area contributed by atoms with Crippen molar-refractivity contribution in [2.45, 2.75) is 89.9 Å². The molecule has 1 atom stereocenters. The summed E-state index contributed by atoms with van der Waals surface area (Å²) in [6.45, 7) is 12.1. The number of nitrogens with one attached hydrogen (secondary N) is 5. The molecule has 6 N–H and O–H groups in total. The number of carbonyl (C=O) groups excluding carboxylic acids is 5. The minimum atomic E-state index is -3.86. The fourth-order valence-corrected chi connectivity index (χ4v) is 7.10. The summed E-state index contributed by atoms with van der Waals surface area (Å²) in [4.78, 5) is 73.0. The third kappa shape index (κ3) is 41.6. The molecule has 1 aliphatic carbocycles. The molecule has 1 heterocycles. The first-order valence-electron chi connectivity index (χ1n) is 22.8. The van der Waals surface area contributed by atoms with Gasteiger partial charge in [0, 0.05) is 184 Å². The topological polar surface area (TPSA) is 232 Å². The molecule has 0 saturated heterocycles. The third-order valence-corrected chi connectivity index (χ3v) is 10.8. The Labute approximate surface area is 521 Å². The molecule has 27 heteroatoms. The molecule has 8 radical (unpaired) electrons. The Bertz CT molecular complexity index is 1850. The Balaban J connectivity index is -0.00000144. The van der Waals surface area contributed by atoms with Gasteiger partial charge in [-0.15, -0.1) is 0 Å². The molecule has 1 aliphatic heterocycles. The number of anilines is 1. The van der Waals surface area contributed by atoms with Crippen LogP contribution in [0.5, 0.6) is 0 Å². The smallest absolute Gasteiger partial charge is 0.374 e. The standard InChI is InChI=1S/C47H69N6O12P.8Co/c1-2-24-52-66(59,60)65-29-11-10-26-48-44(55)18-12-27-50-43(54)17-4-3-9-25-49-46(57)23-30-61-32-34-63-36-37-64-35-33-62-31-28-51-45(56)21-22-47(58)53-38-41-15-6-5-13-39(41)19-20-40-14-7-8-16-42(40)53;;;;;;;;/h6-8,14-16,24,26-27H,1-5,9-13,17-18,21-23,25,28-38H2,(H,48,55)(H,49,57)(H,50,54)(H,51,56)(H2,52,59,60);;;;;;;;/q-4;;;;;;;;. The predicted molar refractivity (Wildman–Crippen MR) is 249 cm³/mol. The maximum Gasteiger partial charge on any atom is 0.374 e. The SMILES string of the molecule is [CH2-]C[CH-]NP(=O)(O)OCCC[CH-]NC(=O)CC[CH-]NC(=O)CCCCCNC(=O)CCOCCOCCOCCOCCNC(=O)CCC(=O)N1CC2=C(C#Cc3ccccc31)CCC=C2.[Co].[Co].[Co].[Co].[Co].[Co].[Co].[Co]. The van der Waals surface area contributed by atoms with Crippen molar-refractivity contribution in [1.82, 2.24) is 26.4 Å². The number of benzene rings is 1. The number of nitrogens with zero attached hydrogens (tertiary/aromatic N) is 1. The zero-order valence-corrected chi connectivity index (χ0v) is 50.0. The van der Waals surface area contributed by atoms with Crippen molar-refractivity contribution in [3.05, 3.63) is 79.7 Å². The Hall–Kier alpha value is -0.388. The van der Waals surface area contributed by atoms with Crippen LogP contribution < -0.4 is 31.3 Å². The Morgan fingerprint density at radius 3 is 1.91 bits per heavy atom. The first-order valence-corrected chi connectivity index (χ1v) is 24.4. The van der Waals surface area contributed by atoms with E-state index in [0.29, 0.717) is 104 Å². The van der Waals surface area contributed by atoms with E-state index in [4.69, 9.17) is 23.5 Å². The zero-order valence-electron chi connectivity index (χ0n) is 40.8. The molecule has 18 nitrogen and oxygen atoms in total. The Morgan fingerprint density at radius 1 is 0.635 bits per heavy atom. The molecule has 0 spiro atoms. The van der Waals surface area contributed by atoms with Crippen LogP contribution in [0, 0.1) is 38.4 Å². The van der Waals surface area contributed by atoms with Gasteiger partial charge < -0.3 is 68.4 Å². The summed E-state index contributed by atoms with van der Waals surface area (Å²) in [6, 6.07) is 7.61. The first-order chi connectivity index (χ1) is 32.1. The van der Waals surface area contributed by atoms with Crippen molar-refractivity contribution in [2.24, 2.45) is 0 Å². The second kappa shape index (κ2) is 54.6. The van der Waals surface area contributed by atoms with Gasteiger partial charge in [0.05, 0.1) is 71.7 Å². The van der Waals surface area contributed by atoms with Gasteiger partial charge in [0.2, 0.25) is 17.7 Å². The summed E-state index contributed by atoms with van der Waals surface area (Å²) in [5, 5.41) is 13.2. The number of hydrogen-bond acceptors (Lipinski definition) is 11.